The first kappa shape index (κ1) is 18.3. The Kier molecular flexibility index (Phi) is 5.81. The van der Waals surface area contributed by atoms with Gasteiger partial charge in [-0.15, -0.1) is 0 Å². The zero-order chi connectivity index (χ0) is 18.4. The van der Waals surface area contributed by atoms with Crippen molar-refractivity contribution in [3.8, 4) is 11.1 Å². The first-order chi connectivity index (χ1) is 12.5. The number of nitrogens with two attached hydrogens (primary N) is 1. The van der Waals surface area contributed by atoms with Crippen LogP contribution in [0.2, 0.25) is 0 Å². The fourth-order valence-electron chi connectivity index (χ4n) is 2.76. The Balaban J connectivity index is 1.59. The van der Waals surface area contributed by atoms with E-state index >= 15 is 0 Å². The van der Waals surface area contributed by atoms with Crippen molar-refractivity contribution in [3.63, 3.8) is 0 Å². The summed E-state index contributed by atoms with van der Waals surface area (Å²) in [4.78, 5) is 0.281. The first-order valence-electron chi connectivity index (χ1n) is 8.53. The lowest BCUT2D eigenvalue weighted by Gasteiger charge is -2.06. The number of benzene rings is 3. The van der Waals surface area contributed by atoms with Crippen LogP contribution in [-0.2, 0) is 16.4 Å². The third kappa shape index (κ3) is 4.77. The van der Waals surface area contributed by atoms with Gasteiger partial charge in [-0.3, -0.25) is 0 Å². The normalized spacial score (nSPS) is 11.4. The summed E-state index contributed by atoms with van der Waals surface area (Å²) < 4.78 is 39.2. The number of hydrogen-bond acceptors (Lipinski definition) is 2. The molecule has 0 aromatic heterocycles. The van der Waals surface area contributed by atoms with Gasteiger partial charge in [0.2, 0.25) is 0 Å². The summed E-state index contributed by atoms with van der Waals surface area (Å²) in [5.41, 5.74) is 2.91. The van der Waals surface area contributed by atoms with Gasteiger partial charge in [0.25, 0.3) is 0 Å². The maximum atomic E-state index is 13.0. The molecule has 5 heteroatoms. The number of halogens is 1. The summed E-state index contributed by atoms with van der Waals surface area (Å²) in [5, 5.41) is 0. The van der Waals surface area contributed by atoms with Crippen molar-refractivity contribution in [2.24, 2.45) is 0 Å². The Morgan fingerprint density at radius 1 is 0.769 bits per heavy atom. The lowest BCUT2D eigenvalue weighted by molar-refractivity contribution is -0.497. The molecule has 0 amide bonds. The molecule has 0 radical (unpaired) electrons. The van der Waals surface area contributed by atoms with E-state index < -0.39 is 10.0 Å². The summed E-state index contributed by atoms with van der Waals surface area (Å²) in [6.45, 7) is 0.511. The first-order valence-corrected chi connectivity index (χ1v) is 10.1. The van der Waals surface area contributed by atoms with Crippen molar-refractivity contribution in [2.75, 3.05) is 6.54 Å². The second-order valence-corrected chi connectivity index (χ2v) is 8.02. The average molecular weight is 370 g/mol. The van der Waals surface area contributed by atoms with Gasteiger partial charge in [-0.25, -0.2) is 9.11 Å². The number of hydrogen-bond donors (Lipinski definition) is 1. The fraction of sp³-hybridized carbons (Fsp3) is 0.143. The molecule has 0 saturated carbocycles. The second-order valence-electron chi connectivity index (χ2n) is 6.12. The lowest BCUT2D eigenvalue weighted by atomic mass is 10.1. The van der Waals surface area contributed by atoms with Gasteiger partial charge >= 0.3 is 10.0 Å². The van der Waals surface area contributed by atoms with Gasteiger partial charge in [-0.05, 0) is 47.4 Å². The van der Waals surface area contributed by atoms with E-state index in [4.69, 9.17) is 0 Å². The van der Waals surface area contributed by atoms with Crippen LogP contribution in [0.15, 0.2) is 83.8 Å². The van der Waals surface area contributed by atoms with Crippen molar-refractivity contribution in [2.45, 2.75) is 17.7 Å². The van der Waals surface area contributed by atoms with Crippen LogP contribution in [-0.4, -0.2) is 15.0 Å². The minimum absolute atomic E-state index is 0.281. The molecule has 3 aromatic carbocycles. The van der Waals surface area contributed by atoms with Crippen molar-refractivity contribution in [1.29, 1.82) is 0 Å². The smallest absolute Gasteiger partial charge is 0.237 e. The highest BCUT2D eigenvalue weighted by molar-refractivity contribution is 7.84. The molecule has 2 N–H and O–H groups in total. The molecule has 0 unspecified atom stereocenters. The van der Waals surface area contributed by atoms with E-state index in [1.54, 1.807) is 36.4 Å². The van der Waals surface area contributed by atoms with Crippen LogP contribution in [0.3, 0.4) is 0 Å². The van der Waals surface area contributed by atoms with Gasteiger partial charge in [0.15, 0.2) is 0 Å². The summed E-state index contributed by atoms with van der Waals surface area (Å²) >= 11 is 0. The van der Waals surface area contributed by atoms with E-state index in [0.29, 0.717) is 6.54 Å². The molecular formula is C21H21FNO2S+. The maximum Gasteiger partial charge on any atom is 0.324 e. The third-order valence-electron chi connectivity index (χ3n) is 4.21. The Bertz CT molecular complexity index is 938. The molecule has 0 spiro atoms. The zero-order valence-corrected chi connectivity index (χ0v) is 15.1. The van der Waals surface area contributed by atoms with E-state index in [-0.39, 0.29) is 10.7 Å². The van der Waals surface area contributed by atoms with Gasteiger partial charge in [0.1, 0.15) is 10.7 Å². The summed E-state index contributed by atoms with van der Waals surface area (Å²) in [6.07, 6.45) is 1.65. The van der Waals surface area contributed by atoms with Crippen LogP contribution in [0.1, 0.15) is 12.0 Å². The molecular weight excluding hydrogens is 349 g/mol. The Morgan fingerprint density at radius 3 is 1.96 bits per heavy atom. The monoisotopic (exact) mass is 370 g/mol. The predicted molar refractivity (Wildman–Crippen MR) is 101 cm³/mol. The SMILES string of the molecule is O=S(=O)([NH2+]CCCc1ccccc1)c1ccc(-c2ccc(F)cc2)cc1. The van der Waals surface area contributed by atoms with Gasteiger partial charge in [0.05, 0.1) is 6.54 Å². The largest absolute Gasteiger partial charge is 0.324 e. The second kappa shape index (κ2) is 8.25. The standard InChI is InChI=1S/C21H20FNO2S/c22-20-12-8-18(9-13-20)19-10-14-21(15-11-19)26(24,25)23-16-4-7-17-5-2-1-3-6-17/h1-3,5-6,8-15,23H,4,7,16H2/p+1. The van der Waals surface area contributed by atoms with Crippen LogP contribution in [0.5, 0.6) is 0 Å². The molecule has 3 nitrogen and oxygen atoms in total. The number of rotatable bonds is 7. The molecule has 0 saturated heterocycles. The molecule has 134 valence electrons. The molecule has 0 heterocycles. The highest BCUT2D eigenvalue weighted by atomic mass is 32.2. The van der Waals surface area contributed by atoms with Crippen molar-refractivity contribution < 1.29 is 17.5 Å². The van der Waals surface area contributed by atoms with Crippen LogP contribution >= 0.6 is 0 Å². The molecule has 0 atom stereocenters. The summed E-state index contributed by atoms with van der Waals surface area (Å²) in [5.74, 6) is -0.293. The van der Waals surface area contributed by atoms with Crippen LogP contribution in [0.4, 0.5) is 4.39 Å². The minimum atomic E-state index is -3.41. The number of sulfonamides is 1. The van der Waals surface area contributed by atoms with E-state index in [1.165, 1.54) is 22.4 Å². The van der Waals surface area contributed by atoms with E-state index in [9.17, 15) is 12.8 Å². The number of aryl methyl sites for hydroxylation is 1. The Morgan fingerprint density at radius 2 is 1.35 bits per heavy atom. The maximum absolute atomic E-state index is 13.0. The Labute approximate surface area is 153 Å². The van der Waals surface area contributed by atoms with Crippen molar-refractivity contribution >= 4 is 10.0 Å². The fourth-order valence-corrected chi connectivity index (χ4v) is 3.95. The molecule has 26 heavy (non-hydrogen) atoms. The number of primary sulfonamides is 1. The van der Waals surface area contributed by atoms with Gasteiger partial charge in [-0.2, -0.15) is 8.42 Å². The minimum Gasteiger partial charge on any atom is -0.237 e. The zero-order valence-electron chi connectivity index (χ0n) is 14.3. The summed E-state index contributed by atoms with van der Waals surface area (Å²) in [6, 6.07) is 22.8. The van der Waals surface area contributed by atoms with E-state index in [2.05, 4.69) is 0 Å². The molecule has 0 aliphatic carbocycles. The molecule has 0 fully saturated rings. The topological polar surface area (TPSA) is 50.8 Å². The van der Waals surface area contributed by atoms with Gasteiger partial charge < -0.3 is 0 Å². The molecule has 0 aliphatic rings. The predicted octanol–water partition coefficient (Wildman–Crippen LogP) is 3.38. The summed E-state index contributed by atoms with van der Waals surface area (Å²) in [7, 11) is -3.41. The highest BCUT2D eigenvalue weighted by Crippen LogP contribution is 2.21. The Hall–Kier alpha value is -2.50. The highest BCUT2D eigenvalue weighted by Gasteiger charge is 2.17. The third-order valence-corrected chi connectivity index (χ3v) is 5.81. The van der Waals surface area contributed by atoms with Crippen LogP contribution in [0.25, 0.3) is 11.1 Å². The van der Waals surface area contributed by atoms with Crippen molar-refractivity contribution in [3.05, 3.63) is 90.2 Å². The quantitative estimate of drug-likeness (QED) is 0.648. The van der Waals surface area contributed by atoms with Gasteiger partial charge in [0, 0.05) is 6.42 Å². The lowest BCUT2D eigenvalue weighted by Crippen LogP contribution is -2.87. The molecule has 0 bridgehead atoms. The van der Waals surface area contributed by atoms with Gasteiger partial charge in [-0.1, -0.05) is 54.6 Å². The van der Waals surface area contributed by atoms with Crippen molar-refractivity contribution in [1.82, 2.24) is 0 Å². The average Bonchev–Trinajstić information content (AvgIpc) is 2.67. The molecule has 3 rings (SSSR count). The molecule has 3 aromatic rings. The van der Waals surface area contributed by atoms with Crippen LogP contribution < -0.4 is 4.72 Å². The van der Waals surface area contributed by atoms with Crippen LogP contribution in [0, 0.1) is 5.82 Å². The molecule has 0 aliphatic heterocycles. The van der Waals surface area contributed by atoms with E-state index in [0.717, 1.165) is 24.0 Å². The number of quaternary nitrogens is 1. The van der Waals surface area contributed by atoms with E-state index in [1.807, 2.05) is 30.3 Å².